The van der Waals surface area contributed by atoms with E-state index in [-0.39, 0.29) is 22.8 Å². The van der Waals surface area contributed by atoms with Gasteiger partial charge < -0.3 is 10.6 Å². The zero-order valence-electron chi connectivity index (χ0n) is 20.1. The van der Waals surface area contributed by atoms with Crippen molar-refractivity contribution in [1.29, 1.82) is 0 Å². The first-order valence-corrected chi connectivity index (χ1v) is 12.1. The minimum atomic E-state index is -0.249. The number of hydrogen-bond acceptors (Lipinski definition) is 6. The summed E-state index contributed by atoms with van der Waals surface area (Å²) in [4.78, 5) is 27.0. The molecule has 6 rings (SSSR count). The minimum absolute atomic E-state index is 0.101. The Morgan fingerprint density at radius 2 is 2.00 bits per heavy atom. The highest BCUT2D eigenvalue weighted by atomic mass is 19.1. The Balaban J connectivity index is 1.47. The molecule has 0 amide bonds. The quantitative estimate of drug-likeness (QED) is 0.463. The zero-order valence-corrected chi connectivity index (χ0v) is 20.1. The van der Waals surface area contributed by atoms with Crippen LogP contribution in [0.5, 0.6) is 0 Å². The van der Waals surface area contributed by atoms with Gasteiger partial charge in [-0.3, -0.25) is 9.78 Å². The molecule has 1 aliphatic carbocycles. The summed E-state index contributed by atoms with van der Waals surface area (Å²) >= 11 is 0. The number of benzene rings is 1. The SMILES string of the molecule is CC(C)(C)c1cc(-n2c3nc(Nc4cc(F)c5c(c4)CCNC5)ncc3c(=O)n2C2CC2)ccn1. The number of nitrogens with zero attached hydrogens (tertiary/aromatic N) is 5. The van der Waals surface area contributed by atoms with Crippen LogP contribution in [0.1, 0.15) is 56.5 Å². The molecule has 4 aromatic rings. The summed E-state index contributed by atoms with van der Waals surface area (Å²) in [6.07, 6.45) is 6.01. The predicted molar refractivity (Wildman–Crippen MR) is 133 cm³/mol. The number of fused-ring (bicyclic) bond motifs is 2. The fraction of sp³-hybridized carbons (Fsp3) is 0.385. The van der Waals surface area contributed by atoms with E-state index in [0.29, 0.717) is 34.8 Å². The molecule has 35 heavy (non-hydrogen) atoms. The second kappa shape index (κ2) is 7.98. The average molecular weight is 474 g/mol. The molecule has 9 heteroatoms. The summed E-state index contributed by atoms with van der Waals surface area (Å²) in [6.45, 7) is 7.69. The standard InChI is InChI=1S/C26H28FN7O/c1-26(2,3)22-12-18(7-9-29-22)33-23-20(24(35)34(33)17-4-5-17)14-30-25(32-23)31-16-10-15-6-8-28-13-19(15)21(27)11-16/h7,9-12,14,17,28H,4-6,8,13H2,1-3H3,(H,30,31,32). The first-order chi connectivity index (χ1) is 16.8. The Labute approximate surface area is 202 Å². The lowest BCUT2D eigenvalue weighted by atomic mass is 9.91. The van der Waals surface area contributed by atoms with E-state index < -0.39 is 0 Å². The van der Waals surface area contributed by atoms with Crippen molar-refractivity contribution in [2.24, 2.45) is 0 Å². The highest BCUT2D eigenvalue weighted by Gasteiger charge is 2.31. The largest absolute Gasteiger partial charge is 0.324 e. The fourth-order valence-corrected chi connectivity index (χ4v) is 4.67. The summed E-state index contributed by atoms with van der Waals surface area (Å²) in [5.41, 5.74) is 4.33. The highest BCUT2D eigenvalue weighted by Crippen LogP contribution is 2.36. The second-order valence-electron chi connectivity index (χ2n) is 10.4. The molecular formula is C26H28FN7O. The molecule has 1 aliphatic heterocycles. The summed E-state index contributed by atoms with van der Waals surface area (Å²) in [5, 5.41) is 6.82. The number of hydrogen-bond donors (Lipinski definition) is 2. The van der Waals surface area contributed by atoms with Gasteiger partial charge in [-0.05, 0) is 55.6 Å². The molecule has 0 saturated heterocycles. The van der Waals surface area contributed by atoms with E-state index in [1.54, 1.807) is 17.1 Å². The smallest absolute Gasteiger partial charge is 0.278 e. The maximum absolute atomic E-state index is 14.7. The van der Waals surface area contributed by atoms with Crippen LogP contribution in [0, 0.1) is 5.82 Å². The number of anilines is 2. The monoisotopic (exact) mass is 473 g/mol. The van der Waals surface area contributed by atoms with Crippen LogP contribution in [0.3, 0.4) is 0 Å². The van der Waals surface area contributed by atoms with Crippen molar-refractivity contribution in [1.82, 2.24) is 29.6 Å². The highest BCUT2D eigenvalue weighted by molar-refractivity contribution is 5.77. The van der Waals surface area contributed by atoms with Gasteiger partial charge in [-0.15, -0.1) is 0 Å². The molecular weight excluding hydrogens is 445 g/mol. The van der Waals surface area contributed by atoms with E-state index in [4.69, 9.17) is 4.98 Å². The fourth-order valence-electron chi connectivity index (χ4n) is 4.67. The van der Waals surface area contributed by atoms with Gasteiger partial charge in [-0.1, -0.05) is 20.8 Å². The zero-order chi connectivity index (χ0) is 24.3. The van der Waals surface area contributed by atoms with Crippen LogP contribution in [0.2, 0.25) is 0 Å². The van der Waals surface area contributed by atoms with Crippen LogP contribution in [0.4, 0.5) is 16.0 Å². The van der Waals surface area contributed by atoms with Crippen molar-refractivity contribution >= 4 is 22.7 Å². The van der Waals surface area contributed by atoms with Crippen LogP contribution in [0.15, 0.2) is 41.5 Å². The van der Waals surface area contributed by atoms with Crippen LogP contribution >= 0.6 is 0 Å². The van der Waals surface area contributed by atoms with E-state index in [2.05, 4.69) is 41.4 Å². The Hall–Kier alpha value is -3.59. The van der Waals surface area contributed by atoms with Crippen molar-refractivity contribution in [3.63, 3.8) is 0 Å². The summed E-state index contributed by atoms with van der Waals surface area (Å²) in [5.74, 6) is 0.0687. The Morgan fingerprint density at radius 1 is 1.17 bits per heavy atom. The van der Waals surface area contributed by atoms with E-state index in [1.807, 2.05) is 22.9 Å². The van der Waals surface area contributed by atoms with Gasteiger partial charge in [0.05, 0.1) is 11.7 Å². The predicted octanol–water partition coefficient (Wildman–Crippen LogP) is 4.14. The molecule has 2 aliphatic rings. The second-order valence-corrected chi connectivity index (χ2v) is 10.4. The summed E-state index contributed by atoms with van der Waals surface area (Å²) in [6, 6.07) is 7.48. The lowest BCUT2D eigenvalue weighted by Crippen LogP contribution is -2.24. The molecule has 0 spiro atoms. The third kappa shape index (κ3) is 3.89. The Kier molecular flexibility index (Phi) is 5.00. The molecule has 0 atom stereocenters. The molecule has 180 valence electrons. The third-order valence-corrected chi connectivity index (χ3v) is 6.69. The van der Waals surface area contributed by atoms with Crippen molar-refractivity contribution in [3.8, 4) is 5.69 Å². The number of rotatable bonds is 4. The van der Waals surface area contributed by atoms with Gasteiger partial charge in [0.1, 0.15) is 11.2 Å². The number of halogens is 1. The van der Waals surface area contributed by atoms with Crippen LogP contribution in [0.25, 0.3) is 16.7 Å². The van der Waals surface area contributed by atoms with E-state index in [0.717, 1.165) is 42.8 Å². The molecule has 1 aromatic carbocycles. The van der Waals surface area contributed by atoms with Crippen LogP contribution < -0.4 is 16.2 Å². The molecule has 1 fully saturated rings. The number of pyridine rings is 1. The first-order valence-electron chi connectivity index (χ1n) is 12.1. The van der Waals surface area contributed by atoms with Gasteiger partial charge in [-0.2, -0.15) is 4.98 Å². The van der Waals surface area contributed by atoms with Gasteiger partial charge in [-0.25, -0.2) is 18.7 Å². The molecule has 0 unspecified atom stereocenters. The topological polar surface area (TPSA) is 89.7 Å². The van der Waals surface area contributed by atoms with Crippen LogP contribution in [-0.4, -0.2) is 30.9 Å². The van der Waals surface area contributed by atoms with Gasteiger partial charge in [0.25, 0.3) is 5.56 Å². The maximum atomic E-state index is 14.7. The molecule has 0 radical (unpaired) electrons. The van der Waals surface area contributed by atoms with E-state index >= 15 is 0 Å². The molecule has 0 bridgehead atoms. The van der Waals surface area contributed by atoms with E-state index in [1.165, 1.54) is 6.07 Å². The number of aromatic nitrogens is 5. The first kappa shape index (κ1) is 21.9. The molecule has 1 saturated carbocycles. The molecule has 8 nitrogen and oxygen atoms in total. The van der Waals surface area contributed by atoms with Gasteiger partial charge >= 0.3 is 0 Å². The molecule has 4 heterocycles. The van der Waals surface area contributed by atoms with Crippen molar-refractivity contribution < 1.29 is 4.39 Å². The third-order valence-electron chi connectivity index (χ3n) is 6.69. The Morgan fingerprint density at radius 3 is 2.77 bits per heavy atom. The van der Waals surface area contributed by atoms with Crippen molar-refractivity contribution in [2.45, 2.75) is 58.0 Å². The van der Waals surface area contributed by atoms with Crippen LogP contribution in [-0.2, 0) is 18.4 Å². The summed E-state index contributed by atoms with van der Waals surface area (Å²) < 4.78 is 18.4. The lowest BCUT2D eigenvalue weighted by Gasteiger charge is -2.20. The molecule has 3 aromatic heterocycles. The number of nitrogens with one attached hydrogen (secondary N) is 2. The minimum Gasteiger partial charge on any atom is -0.324 e. The van der Waals surface area contributed by atoms with Crippen molar-refractivity contribution in [3.05, 3.63) is 69.7 Å². The average Bonchev–Trinajstić information content (AvgIpc) is 3.62. The van der Waals surface area contributed by atoms with Gasteiger partial charge in [0.2, 0.25) is 5.95 Å². The lowest BCUT2D eigenvalue weighted by molar-refractivity contribution is 0.549. The van der Waals surface area contributed by atoms with Gasteiger partial charge in [0, 0.05) is 41.3 Å². The molecule has 2 N–H and O–H groups in total. The van der Waals surface area contributed by atoms with Gasteiger partial charge in [0.15, 0.2) is 5.65 Å². The van der Waals surface area contributed by atoms with E-state index in [9.17, 15) is 9.18 Å². The normalized spacial score (nSPS) is 15.9. The Bertz CT molecular complexity index is 1510. The summed E-state index contributed by atoms with van der Waals surface area (Å²) in [7, 11) is 0. The maximum Gasteiger partial charge on any atom is 0.278 e. The van der Waals surface area contributed by atoms with Crippen molar-refractivity contribution in [2.75, 3.05) is 11.9 Å².